The van der Waals surface area contributed by atoms with Gasteiger partial charge in [0, 0.05) is 6.42 Å². The molecule has 0 amide bonds. The van der Waals surface area contributed by atoms with Crippen LogP contribution < -0.4 is 20.7 Å². The van der Waals surface area contributed by atoms with Crippen molar-refractivity contribution in [1.82, 2.24) is 0 Å². The molecule has 0 saturated heterocycles. The van der Waals surface area contributed by atoms with E-state index < -0.39 is 13.2 Å². The number of benzene rings is 3. The van der Waals surface area contributed by atoms with Crippen molar-refractivity contribution >= 4 is 29.1 Å². The Morgan fingerprint density at radius 1 is 0.622 bits per heavy atom. The van der Waals surface area contributed by atoms with E-state index in [0.29, 0.717) is 6.42 Å². The van der Waals surface area contributed by atoms with Crippen LogP contribution >= 0.6 is 7.26 Å². The summed E-state index contributed by atoms with van der Waals surface area (Å²) in [6.45, 7) is 4.32. The van der Waals surface area contributed by atoms with Crippen LogP contribution in [0.5, 0.6) is 5.75 Å². The highest BCUT2D eigenvalue weighted by Gasteiger charge is 2.44. The van der Waals surface area contributed by atoms with Gasteiger partial charge in [-0.05, 0) is 81.6 Å². The van der Waals surface area contributed by atoms with Crippen LogP contribution in [0.3, 0.4) is 0 Å². The van der Waals surface area contributed by atoms with Crippen LogP contribution in [0.4, 0.5) is 0 Å². The number of hydrogen-bond donors (Lipinski definition) is 1. The average Bonchev–Trinajstić information content (AvgIpc) is 2.91. The van der Waals surface area contributed by atoms with Crippen LogP contribution in [0.1, 0.15) is 75.3 Å². The molecule has 1 N–H and O–H groups in total. The number of ether oxygens (including phenoxy) is 1. The molecule has 0 spiro atoms. The van der Waals surface area contributed by atoms with E-state index in [2.05, 4.69) is 86.6 Å². The third-order valence-electron chi connectivity index (χ3n) is 7.35. The molecule has 0 heterocycles. The van der Waals surface area contributed by atoms with Gasteiger partial charge in [0.25, 0.3) is 0 Å². The summed E-state index contributed by atoms with van der Waals surface area (Å²) < 4.78 is 5.49. The molecular formula is C33H44O3P+. The maximum Gasteiger partial charge on any atom is 0.303 e. The second-order valence-corrected chi connectivity index (χ2v) is 13.8. The fraction of sp³-hybridized carbons (Fsp3) is 0.424. The lowest BCUT2D eigenvalue weighted by atomic mass is 10.1. The molecule has 0 radical (unpaired) electrons. The number of carboxylic acids is 1. The van der Waals surface area contributed by atoms with Crippen LogP contribution in [-0.4, -0.2) is 24.3 Å². The van der Waals surface area contributed by atoms with E-state index in [1.54, 1.807) is 7.11 Å². The number of methoxy groups -OCH3 is 1. The average molecular weight is 520 g/mol. The number of rotatable bonds is 16. The van der Waals surface area contributed by atoms with E-state index in [4.69, 9.17) is 9.84 Å². The largest absolute Gasteiger partial charge is 0.497 e. The highest BCUT2D eigenvalue weighted by Crippen LogP contribution is 2.56. The van der Waals surface area contributed by atoms with Gasteiger partial charge in [-0.25, -0.2) is 0 Å². The fourth-order valence-electron chi connectivity index (χ4n) is 5.13. The fourth-order valence-corrected chi connectivity index (χ4v) is 9.47. The van der Waals surface area contributed by atoms with Gasteiger partial charge in [0.2, 0.25) is 0 Å². The molecule has 0 unspecified atom stereocenters. The van der Waals surface area contributed by atoms with E-state index in [1.807, 2.05) is 0 Å². The molecular weight excluding hydrogens is 475 g/mol. The highest BCUT2D eigenvalue weighted by molar-refractivity contribution is 7.95. The molecule has 0 atom stereocenters. The summed E-state index contributed by atoms with van der Waals surface area (Å²) in [5.41, 5.74) is 2.59. The zero-order chi connectivity index (χ0) is 26.5. The monoisotopic (exact) mass is 519 g/mol. The summed E-state index contributed by atoms with van der Waals surface area (Å²) in [6.07, 6.45) is 11.9. The first-order chi connectivity index (χ1) is 18.0. The number of carboxylic acid groups (broad SMARTS) is 1. The zero-order valence-electron chi connectivity index (χ0n) is 22.9. The topological polar surface area (TPSA) is 46.5 Å². The number of aliphatic carboxylic acids is 1. The smallest absolute Gasteiger partial charge is 0.303 e. The quantitative estimate of drug-likeness (QED) is 0.157. The van der Waals surface area contributed by atoms with Crippen molar-refractivity contribution in [2.24, 2.45) is 0 Å². The van der Waals surface area contributed by atoms with Gasteiger partial charge < -0.3 is 9.84 Å². The van der Waals surface area contributed by atoms with Crippen LogP contribution in [0.2, 0.25) is 0 Å². The Labute approximate surface area is 224 Å². The van der Waals surface area contributed by atoms with Crippen molar-refractivity contribution in [2.45, 2.75) is 78.1 Å². The summed E-state index contributed by atoms with van der Waals surface area (Å²) in [4.78, 5) is 10.6. The normalized spacial score (nSPS) is 11.4. The summed E-state index contributed by atoms with van der Waals surface area (Å²) >= 11 is 0. The number of unbranched alkanes of at least 4 members (excludes halogenated alkanes) is 8. The summed E-state index contributed by atoms with van der Waals surface area (Å²) in [7, 11) is -0.0794. The first-order valence-corrected chi connectivity index (χ1v) is 15.8. The maximum atomic E-state index is 10.6. The predicted octanol–water partition coefficient (Wildman–Crippen LogP) is 7.59. The van der Waals surface area contributed by atoms with Gasteiger partial charge >= 0.3 is 5.97 Å². The van der Waals surface area contributed by atoms with Gasteiger partial charge in [-0.15, -0.1) is 0 Å². The van der Waals surface area contributed by atoms with E-state index in [0.717, 1.165) is 25.0 Å². The standard InChI is InChI=1S/C33H43O3P/c1-27-14-20-30(21-15-27)37(31-22-16-28(2)17-23-31,32-24-18-29(36-3)19-25-32)26-12-10-8-6-4-5-7-9-11-13-33(34)35/h14-25H,4-13,26H2,1-3H3/p+1. The van der Waals surface area contributed by atoms with Gasteiger partial charge in [-0.1, -0.05) is 73.9 Å². The lowest BCUT2D eigenvalue weighted by Crippen LogP contribution is -2.33. The minimum atomic E-state index is -1.81. The molecule has 3 nitrogen and oxygen atoms in total. The van der Waals surface area contributed by atoms with Gasteiger partial charge in [0.05, 0.1) is 13.3 Å². The van der Waals surface area contributed by atoms with Crippen LogP contribution in [0.15, 0.2) is 72.8 Å². The van der Waals surface area contributed by atoms with Crippen molar-refractivity contribution in [3.05, 3.63) is 83.9 Å². The number of hydrogen-bond acceptors (Lipinski definition) is 2. The molecule has 37 heavy (non-hydrogen) atoms. The number of carbonyl (C=O) groups is 1. The molecule has 3 aromatic carbocycles. The molecule has 0 saturated carbocycles. The van der Waals surface area contributed by atoms with Gasteiger partial charge in [0.1, 0.15) is 28.9 Å². The molecule has 0 fully saturated rings. The van der Waals surface area contributed by atoms with Crippen molar-refractivity contribution in [2.75, 3.05) is 13.3 Å². The van der Waals surface area contributed by atoms with E-state index in [-0.39, 0.29) is 0 Å². The highest BCUT2D eigenvalue weighted by atomic mass is 31.2. The van der Waals surface area contributed by atoms with Crippen molar-refractivity contribution in [3.63, 3.8) is 0 Å². The molecule has 0 aliphatic heterocycles. The van der Waals surface area contributed by atoms with Gasteiger partial charge in [0.15, 0.2) is 0 Å². The Balaban J connectivity index is 1.73. The van der Waals surface area contributed by atoms with E-state index in [1.165, 1.54) is 71.7 Å². The number of aryl methyl sites for hydroxylation is 2. The SMILES string of the molecule is COc1ccc([P+](CCCCCCCCCCCC(=O)O)(c2ccc(C)cc2)c2ccc(C)cc2)cc1. The first kappa shape index (κ1) is 28.9. The molecule has 0 aromatic heterocycles. The Morgan fingerprint density at radius 3 is 1.41 bits per heavy atom. The summed E-state index contributed by atoms with van der Waals surface area (Å²) in [5, 5.41) is 13.1. The second kappa shape index (κ2) is 14.9. The van der Waals surface area contributed by atoms with Crippen LogP contribution in [-0.2, 0) is 4.79 Å². The molecule has 3 rings (SSSR count). The molecule has 0 aliphatic rings. The minimum Gasteiger partial charge on any atom is -0.497 e. The van der Waals surface area contributed by atoms with Gasteiger partial charge in [-0.2, -0.15) is 0 Å². The molecule has 0 bridgehead atoms. The third-order valence-corrected chi connectivity index (χ3v) is 11.9. The minimum absolute atomic E-state index is 0.307. The predicted molar refractivity (Wildman–Crippen MR) is 160 cm³/mol. The molecule has 4 heteroatoms. The lowest BCUT2D eigenvalue weighted by Gasteiger charge is -2.28. The van der Waals surface area contributed by atoms with Crippen molar-refractivity contribution < 1.29 is 14.6 Å². The van der Waals surface area contributed by atoms with Crippen molar-refractivity contribution in [3.8, 4) is 5.75 Å². The third kappa shape index (κ3) is 8.44. The summed E-state index contributed by atoms with van der Waals surface area (Å²) in [5.74, 6) is 0.224. The molecule has 198 valence electrons. The molecule has 3 aromatic rings. The zero-order valence-corrected chi connectivity index (χ0v) is 23.8. The van der Waals surface area contributed by atoms with Crippen molar-refractivity contribution in [1.29, 1.82) is 0 Å². The molecule has 0 aliphatic carbocycles. The van der Waals surface area contributed by atoms with E-state index in [9.17, 15) is 4.79 Å². The Bertz CT molecular complexity index is 1030. The Kier molecular flexibility index (Phi) is 11.7. The van der Waals surface area contributed by atoms with Crippen LogP contribution in [0.25, 0.3) is 0 Å². The lowest BCUT2D eigenvalue weighted by molar-refractivity contribution is -0.137. The maximum absolute atomic E-state index is 10.6. The summed E-state index contributed by atoms with van der Waals surface area (Å²) in [6, 6.07) is 27.3. The Morgan fingerprint density at radius 2 is 1.00 bits per heavy atom. The van der Waals surface area contributed by atoms with Gasteiger partial charge in [-0.3, -0.25) is 4.79 Å². The second-order valence-electron chi connectivity index (χ2n) is 10.2. The van der Waals surface area contributed by atoms with E-state index >= 15 is 0 Å². The van der Waals surface area contributed by atoms with Crippen LogP contribution in [0, 0.1) is 13.8 Å². The Hall–Kier alpha value is -2.64. The first-order valence-electron chi connectivity index (χ1n) is 13.8.